The summed E-state index contributed by atoms with van der Waals surface area (Å²) < 4.78 is 0. The number of carbonyl (C=O) groups is 3. The minimum Gasteiger partial charge on any atom is -0.368 e. The van der Waals surface area contributed by atoms with Gasteiger partial charge in [-0.3, -0.25) is 14.8 Å². The first kappa shape index (κ1) is 26.2. The Morgan fingerprint density at radius 3 is 1.60 bits per heavy atom. The number of nitrogens with one attached hydrogen (secondary N) is 7. The van der Waals surface area contributed by atoms with Crippen molar-refractivity contribution < 1.29 is 14.4 Å². The van der Waals surface area contributed by atoms with Crippen molar-refractivity contribution in [2.24, 2.45) is 9.98 Å². The fourth-order valence-corrected chi connectivity index (χ4v) is 4.24. The lowest BCUT2D eigenvalue weighted by Crippen LogP contribution is -2.25. The molecule has 12 heteroatoms. The van der Waals surface area contributed by atoms with Crippen LogP contribution < -0.4 is 37.2 Å². The summed E-state index contributed by atoms with van der Waals surface area (Å²) in [7, 11) is 1.50. The topological polar surface area (TPSA) is 160 Å². The molecule has 5 rings (SSSR count). The van der Waals surface area contributed by atoms with E-state index in [9.17, 15) is 14.4 Å². The van der Waals surface area contributed by atoms with Gasteiger partial charge in [0.2, 0.25) is 0 Å². The van der Waals surface area contributed by atoms with Gasteiger partial charge in [-0.25, -0.2) is 9.59 Å². The normalized spacial score (nSPS) is 13.7. The monoisotopic (exact) mass is 539 g/mol. The van der Waals surface area contributed by atoms with Gasteiger partial charge in [-0.05, 0) is 66.7 Å². The lowest BCUT2D eigenvalue weighted by molar-refractivity contribution is 0.0964. The number of nitrogens with zero attached hydrogens (tertiary/aromatic N) is 2. The van der Waals surface area contributed by atoms with Crippen molar-refractivity contribution in [1.29, 1.82) is 0 Å². The highest BCUT2D eigenvalue weighted by Crippen LogP contribution is 2.22. The number of amidine groups is 2. The van der Waals surface area contributed by atoms with Gasteiger partial charge in [0.25, 0.3) is 5.91 Å². The SMILES string of the molecule is CNC(=O)c1ccc(NC(=O)Nc2ccc(C3=NCCN3)cc2)cc1NC(=O)Nc1ccc(C2=NCCN2)cc1. The summed E-state index contributed by atoms with van der Waals surface area (Å²) in [6, 6.07) is 18.2. The van der Waals surface area contributed by atoms with E-state index in [0.29, 0.717) is 17.1 Å². The zero-order valence-corrected chi connectivity index (χ0v) is 21.8. The van der Waals surface area contributed by atoms with E-state index in [4.69, 9.17) is 0 Å². The van der Waals surface area contributed by atoms with Crippen molar-refractivity contribution >= 4 is 52.4 Å². The quantitative estimate of drug-likeness (QED) is 0.245. The van der Waals surface area contributed by atoms with Crippen molar-refractivity contribution in [3.05, 3.63) is 83.4 Å². The molecule has 7 N–H and O–H groups in total. The molecule has 3 aromatic carbocycles. The van der Waals surface area contributed by atoms with Crippen LogP contribution >= 0.6 is 0 Å². The Morgan fingerprint density at radius 1 is 0.650 bits per heavy atom. The predicted octanol–water partition coefficient (Wildman–Crippen LogP) is 3.03. The molecule has 204 valence electrons. The Kier molecular flexibility index (Phi) is 7.86. The lowest BCUT2D eigenvalue weighted by Gasteiger charge is -2.14. The van der Waals surface area contributed by atoms with E-state index < -0.39 is 12.1 Å². The maximum absolute atomic E-state index is 12.8. The summed E-state index contributed by atoms with van der Waals surface area (Å²) in [6.07, 6.45) is 0. The van der Waals surface area contributed by atoms with Crippen LogP contribution in [-0.4, -0.2) is 62.9 Å². The number of carbonyl (C=O) groups excluding carboxylic acids is 3. The van der Waals surface area contributed by atoms with E-state index >= 15 is 0 Å². The van der Waals surface area contributed by atoms with Crippen LogP contribution in [0.25, 0.3) is 0 Å². The van der Waals surface area contributed by atoms with Gasteiger partial charge in [0.15, 0.2) is 0 Å². The van der Waals surface area contributed by atoms with Gasteiger partial charge in [0.05, 0.1) is 24.3 Å². The standard InChI is InChI=1S/C28H29N9O3/c1-29-26(38)22-11-10-21(36-27(39)34-19-6-2-17(3-7-19)24-30-12-13-31-24)16-23(22)37-28(40)35-20-8-4-18(5-9-20)25-32-14-15-33-25/h2-11,16H,12-15H2,1H3,(H,29,38)(H,30,31)(H,32,33)(H2,34,36,39)(H2,35,37,40). The first-order chi connectivity index (χ1) is 19.5. The van der Waals surface area contributed by atoms with Gasteiger partial charge in [0.1, 0.15) is 11.7 Å². The van der Waals surface area contributed by atoms with Gasteiger partial charge in [-0.15, -0.1) is 0 Å². The van der Waals surface area contributed by atoms with Gasteiger partial charge in [-0.1, -0.05) is 0 Å². The Labute approximate surface area is 230 Å². The summed E-state index contributed by atoms with van der Waals surface area (Å²) in [4.78, 5) is 46.6. The number of hydrogen-bond donors (Lipinski definition) is 7. The summed E-state index contributed by atoms with van der Waals surface area (Å²) >= 11 is 0. The number of hydrogen-bond acceptors (Lipinski definition) is 7. The molecule has 0 saturated heterocycles. The molecular weight excluding hydrogens is 510 g/mol. The average Bonchev–Trinajstić information content (AvgIpc) is 3.69. The zero-order chi connectivity index (χ0) is 27.9. The third kappa shape index (κ3) is 6.35. The molecule has 0 aromatic heterocycles. The second-order valence-corrected chi connectivity index (χ2v) is 8.97. The number of benzene rings is 3. The first-order valence-electron chi connectivity index (χ1n) is 12.8. The van der Waals surface area contributed by atoms with E-state index in [1.165, 1.54) is 19.2 Å². The van der Waals surface area contributed by atoms with Crippen LogP contribution in [0.2, 0.25) is 0 Å². The average molecular weight is 540 g/mol. The highest BCUT2D eigenvalue weighted by atomic mass is 16.2. The van der Waals surface area contributed by atoms with Gasteiger partial charge < -0.3 is 37.2 Å². The highest BCUT2D eigenvalue weighted by Gasteiger charge is 2.15. The van der Waals surface area contributed by atoms with Crippen LogP contribution in [0.5, 0.6) is 0 Å². The second-order valence-electron chi connectivity index (χ2n) is 8.97. The van der Waals surface area contributed by atoms with Crippen molar-refractivity contribution in [2.75, 3.05) is 54.5 Å². The number of amides is 5. The van der Waals surface area contributed by atoms with E-state index in [-0.39, 0.29) is 17.2 Å². The molecule has 0 atom stereocenters. The third-order valence-corrected chi connectivity index (χ3v) is 6.18. The Hall–Kier alpha value is -5.39. The molecule has 40 heavy (non-hydrogen) atoms. The van der Waals surface area contributed by atoms with Gasteiger partial charge >= 0.3 is 12.1 Å². The molecule has 2 aliphatic heterocycles. The third-order valence-electron chi connectivity index (χ3n) is 6.18. The van der Waals surface area contributed by atoms with Gasteiger partial charge in [-0.2, -0.15) is 0 Å². The molecule has 0 bridgehead atoms. The molecule has 5 amide bonds. The van der Waals surface area contributed by atoms with E-state index in [1.807, 2.05) is 24.3 Å². The number of aliphatic imine (C=N–C) groups is 2. The Morgan fingerprint density at radius 2 is 1.12 bits per heavy atom. The summed E-state index contributed by atoms with van der Waals surface area (Å²) in [5, 5.41) is 19.9. The summed E-state index contributed by atoms with van der Waals surface area (Å²) in [5.41, 5.74) is 3.89. The molecule has 12 nitrogen and oxygen atoms in total. The maximum atomic E-state index is 12.8. The van der Waals surface area contributed by atoms with E-state index in [1.54, 1.807) is 30.3 Å². The first-order valence-corrected chi connectivity index (χ1v) is 12.8. The fraction of sp³-hybridized carbons (Fsp3) is 0.179. The predicted molar refractivity (Wildman–Crippen MR) is 157 cm³/mol. The molecule has 0 aliphatic carbocycles. The molecule has 3 aromatic rings. The lowest BCUT2D eigenvalue weighted by atomic mass is 10.1. The van der Waals surface area contributed by atoms with Crippen LogP contribution in [0.4, 0.5) is 32.3 Å². The van der Waals surface area contributed by atoms with E-state index in [2.05, 4.69) is 47.2 Å². The van der Waals surface area contributed by atoms with Crippen LogP contribution in [0.3, 0.4) is 0 Å². The fourth-order valence-electron chi connectivity index (χ4n) is 4.24. The van der Waals surface area contributed by atoms with Crippen molar-refractivity contribution in [3.63, 3.8) is 0 Å². The van der Waals surface area contributed by atoms with Crippen LogP contribution in [0, 0.1) is 0 Å². The largest absolute Gasteiger partial charge is 0.368 e. The molecular formula is C28H29N9O3. The molecule has 2 aliphatic rings. The molecule has 0 spiro atoms. The number of rotatable bonds is 7. The van der Waals surface area contributed by atoms with Crippen molar-refractivity contribution in [2.45, 2.75) is 0 Å². The van der Waals surface area contributed by atoms with Crippen LogP contribution in [0.15, 0.2) is 76.7 Å². The van der Waals surface area contributed by atoms with Crippen LogP contribution in [-0.2, 0) is 0 Å². The summed E-state index contributed by atoms with van der Waals surface area (Å²) in [6.45, 7) is 3.11. The molecule has 0 unspecified atom stereocenters. The van der Waals surface area contributed by atoms with Crippen molar-refractivity contribution in [3.8, 4) is 0 Å². The Balaban J connectivity index is 1.23. The Bertz CT molecular complexity index is 1480. The molecule has 2 heterocycles. The molecule has 0 radical (unpaired) electrons. The number of urea groups is 2. The second kappa shape index (κ2) is 12.0. The maximum Gasteiger partial charge on any atom is 0.323 e. The summed E-state index contributed by atoms with van der Waals surface area (Å²) in [5.74, 6) is 1.28. The van der Waals surface area contributed by atoms with E-state index in [0.717, 1.165) is 49.0 Å². The van der Waals surface area contributed by atoms with Crippen LogP contribution in [0.1, 0.15) is 21.5 Å². The van der Waals surface area contributed by atoms with Gasteiger partial charge in [0, 0.05) is 48.3 Å². The smallest absolute Gasteiger partial charge is 0.323 e. The minimum atomic E-state index is -0.544. The minimum absolute atomic E-state index is 0.227. The van der Waals surface area contributed by atoms with Crippen molar-refractivity contribution in [1.82, 2.24) is 16.0 Å². The number of anilines is 4. The molecule has 0 fully saturated rings. The molecule has 0 saturated carbocycles. The zero-order valence-electron chi connectivity index (χ0n) is 21.8. The highest BCUT2D eigenvalue weighted by molar-refractivity contribution is 6.08.